The van der Waals surface area contributed by atoms with Crippen molar-refractivity contribution in [1.82, 2.24) is 4.90 Å². The van der Waals surface area contributed by atoms with Crippen molar-refractivity contribution in [3.8, 4) is 0 Å². The van der Waals surface area contributed by atoms with Gasteiger partial charge in [-0.1, -0.05) is 13.8 Å². The van der Waals surface area contributed by atoms with Gasteiger partial charge in [0.15, 0.2) is 0 Å². The monoisotopic (exact) mass is 242 g/mol. The Kier molecular flexibility index (Phi) is 6.45. The van der Waals surface area contributed by atoms with Crippen LogP contribution >= 0.6 is 0 Å². The lowest BCUT2D eigenvalue weighted by atomic mass is 9.84. The van der Waals surface area contributed by atoms with E-state index in [2.05, 4.69) is 25.8 Å². The summed E-state index contributed by atoms with van der Waals surface area (Å²) < 4.78 is 5.40. The zero-order valence-corrected chi connectivity index (χ0v) is 11.9. The molecule has 0 aliphatic carbocycles. The van der Waals surface area contributed by atoms with Crippen LogP contribution in [0.2, 0.25) is 0 Å². The van der Waals surface area contributed by atoms with Crippen molar-refractivity contribution in [1.29, 1.82) is 0 Å². The summed E-state index contributed by atoms with van der Waals surface area (Å²) in [4.78, 5) is 2.51. The summed E-state index contributed by atoms with van der Waals surface area (Å²) in [5.74, 6) is 0. The maximum atomic E-state index is 5.64. The Balaban J connectivity index is 2.16. The van der Waals surface area contributed by atoms with Gasteiger partial charge in [-0.15, -0.1) is 0 Å². The van der Waals surface area contributed by atoms with E-state index in [1.54, 1.807) is 0 Å². The molecule has 17 heavy (non-hydrogen) atoms. The van der Waals surface area contributed by atoms with E-state index < -0.39 is 0 Å². The first-order chi connectivity index (χ1) is 8.05. The van der Waals surface area contributed by atoms with Crippen LogP contribution in [-0.4, -0.2) is 44.3 Å². The minimum absolute atomic E-state index is 0.408. The molecule has 0 aromatic carbocycles. The van der Waals surface area contributed by atoms with Crippen LogP contribution in [0.5, 0.6) is 0 Å². The van der Waals surface area contributed by atoms with Gasteiger partial charge in [0.1, 0.15) is 0 Å². The molecular formula is C14H30N2O. The van der Waals surface area contributed by atoms with E-state index >= 15 is 0 Å². The van der Waals surface area contributed by atoms with Gasteiger partial charge in [0.05, 0.1) is 0 Å². The molecule has 1 fully saturated rings. The fourth-order valence-corrected chi connectivity index (χ4v) is 2.63. The smallest absolute Gasteiger partial charge is 0.0480 e. The summed E-state index contributed by atoms with van der Waals surface area (Å²) in [7, 11) is 2.26. The van der Waals surface area contributed by atoms with Crippen LogP contribution in [0.3, 0.4) is 0 Å². The Labute approximate surface area is 107 Å². The minimum atomic E-state index is 0.408. The first-order valence-electron chi connectivity index (χ1n) is 7.03. The molecule has 1 rings (SSSR count). The van der Waals surface area contributed by atoms with Crippen molar-refractivity contribution in [2.45, 2.75) is 52.0 Å². The largest absolute Gasteiger partial charge is 0.381 e. The molecule has 0 amide bonds. The zero-order chi connectivity index (χ0) is 12.7. The fraction of sp³-hybridized carbons (Fsp3) is 1.00. The Morgan fingerprint density at radius 1 is 1.24 bits per heavy atom. The Morgan fingerprint density at radius 3 is 2.47 bits per heavy atom. The van der Waals surface area contributed by atoms with Crippen LogP contribution in [0.4, 0.5) is 0 Å². The molecular weight excluding hydrogens is 212 g/mol. The third-order valence-corrected chi connectivity index (χ3v) is 4.00. The van der Waals surface area contributed by atoms with Crippen LogP contribution in [0.1, 0.15) is 46.0 Å². The highest BCUT2D eigenvalue weighted by Crippen LogP contribution is 2.26. The van der Waals surface area contributed by atoms with E-state index in [1.807, 2.05) is 0 Å². The van der Waals surface area contributed by atoms with Crippen LogP contribution in [0, 0.1) is 5.41 Å². The van der Waals surface area contributed by atoms with Crippen molar-refractivity contribution < 1.29 is 4.74 Å². The van der Waals surface area contributed by atoms with Crippen molar-refractivity contribution in [2.75, 3.05) is 33.4 Å². The van der Waals surface area contributed by atoms with Gasteiger partial charge in [0, 0.05) is 19.3 Å². The molecule has 0 bridgehead atoms. The van der Waals surface area contributed by atoms with Gasteiger partial charge in [-0.25, -0.2) is 0 Å². The summed E-state index contributed by atoms with van der Waals surface area (Å²) >= 11 is 0. The molecule has 0 radical (unpaired) electrons. The summed E-state index contributed by atoms with van der Waals surface area (Å²) in [6.45, 7) is 8.55. The average molecular weight is 242 g/mol. The molecule has 0 unspecified atom stereocenters. The first-order valence-corrected chi connectivity index (χ1v) is 7.03. The standard InChI is InChI=1S/C14H30N2O/c1-14(2,8-9-15)7-4-10-16(3)13-5-11-17-12-6-13/h13H,4-12,15H2,1-3H3. The number of nitrogens with two attached hydrogens (primary N) is 1. The van der Waals surface area contributed by atoms with Gasteiger partial charge in [-0.2, -0.15) is 0 Å². The van der Waals surface area contributed by atoms with Gasteiger partial charge in [-0.3, -0.25) is 0 Å². The van der Waals surface area contributed by atoms with E-state index in [9.17, 15) is 0 Å². The van der Waals surface area contributed by atoms with Crippen molar-refractivity contribution in [3.63, 3.8) is 0 Å². The number of hydrogen-bond donors (Lipinski definition) is 1. The number of rotatable bonds is 7. The summed E-state index contributed by atoms with van der Waals surface area (Å²) in [6, 6.07) is 0.737. The molecule has 3 nitrogen and oxygen atoms in total. The highest BCUT2D eigenvalue weighted by Gasteiger charge is 2.20. The fourth-order valence-electron chi connectivity index (χ4n) is 2.63. The molecule has 1 aliphatic heterocycles. The van der Waals surface area contributed by atoms with E-state index in [0.29, 0.717) is 5.41 Å². The topological polar surface area (TPSA) is 38.5 Å². The van der Waals surface area contributed by atoms with E-state index in [4.69, 9.17) is 10.5 Å². The predicted molar refractivity (Wildman–Crippen MR) is 73.2 cm³/mol. The molecule has 0 atom stereocenters. The lowest BCUT2D eigenvalue weighted by Gasteiger charge is -2.32. The molecule has 0 saturated carbocycles. The number of hydrogen-bond acceptors (Lipinski definition) is 3. The van der Waals surface area contributed by atoms with Crippen LogP contribution < -0.4 is 5.73 Å². The average Bonchev–Trinajstić information content (AvgIpc) is 2.29. The van der Waals surface area contributed by atoms with E-state index in [1.165, 1.54) is 32.2 Å². The molecule has 102 valence electrons. The molecule has 2 N–H and O–H groups in total. The Hall–Kier alpha value is -0.120. The maximum absolute atomic E-state index is 5.64. The van der Waals surface area contributed by atoms with Gasteiger partial charge in [0.25, 0.3) is 0 Å². The highest BCUT2D eigenvalue weighted by molar-refractivity contribution is 4.74. The van der Waals surface area contributed by atoms with Gasteiger partial charge >= 0.3 is 0 Å². The van der Waals surface area contributed by atoms with Crippen molar-refractivity contribution in [3.05, 3.63) is 0 Å². The van der Waals surface area contributed by atoms with Gasteiger partial charge in [-0.05, 0) is 57.7 Å². The Morgan fingerprint density at radius 2 is 1.88 bits per heavy atom. The van der Waals surface area contributed by atoms with Crippen molar-refractivity contribution in [2.24, 2.45) is 11.1 Å². The zero-order valence-electron chi connectivity index (χ0n) is 11.9. The third kappa shape index (κ3) is 5.84. The summed E-state index contributed by atoms with van der Waals surface area (Å²) in [6.07, 6.45) is 6.08. The maximum Gasteiger partial charge on any atom is 0.0480 e. The van der Waals surface area contributed by atoms with Gasteiger partial charge in [0.2, 0.25) is 0 Å². The summed E-state index contributed by atoms with van der Waals surface area (Å²) in [5, 5.41) is 0. The van der Waals surface area contributed by atoms with Crippen LogP contribution in [0.25, 0.3) is 0 Å². The highest BCUT2D eigenvalue weighted by atomic mass is 16.5. The lowest BCUT2D eigenvalue weighted by Crippen LogP contribution is -2.37. The normalized spacial score (nSPS) is 18.9. The molecule has 0 aromatic rings. The van der Waals surface area contributed by atoms with E-state index in [-0.39, 0.29) is 0 Å². The second-order valence-electron chi connectivity index (χ2n) is 6.13. The summed E-state index contributed by atoms with van der Waals surface area (Å²) in [5.41, 5.74) is 6.05. The predicted octanol–water partition coefficient (Wildman–Crippen LogP) is 2.25. The molecule has 0 aromatic heterocycles. The van der Waals surface area contributed by atoms with E-state index in [0.717, 1.165) is 32.2 Å². The van der Waals surface area contributed by atoms with Crippen LogP contribution in [-0.2, 0) is 4.74 Å². The molecule has 3 heteroatoms. The Bertz CT molecular complexity index is 200. The molecule has 1 aliphatic rings. The second kappa shape index (κ2) is 7.34. The SMILES string of the molecule is CN(CCCC(C)(C)CCN)C1CCOCC1. The molecule has 0 spiro atoms. The lowest BCUT2D eigenvalue weighted by molar-refractivity contribution is 0.0417. The van der Waals surface area contributed by atoms with Gasteiger partial charge < -0.3 is 15.4 Å². The minimum Gasteiger partial charge on any atom is -0.381 e. The van der Waals surface area contributed by atoms with Crippen LogP contribution in [0.15, 0.2) is 0 Å². The van der Waals surface area contributed by atoms with Crippen molar-refractivity contribution >= 4 is 0 Å². The third-order valence-electron chi connectivity index (χ3n) is 4.00. The number of nitrogens with zero attached hydrogens (tertiary/aromatic N) is 1. The second-order valence-corrected chi connectivity index (χ2v) is 6.13. The molecule has 1 saturated heterocycles. The number of ether oxygens (including phenoxy) is 1. The molecule has 1 heterocycles. The first kappa shape index (κ1) is 14.9. The quantitative estimate of drug-likeness (QED) is 0.744.